The topological polar surface area (TPSA) is 26.3 Å². The van der Waals surface area contributed by atoms with Gasteiger partial charge in [0.2, 0.25) is 0 Å². The molecule has 0 spiro atoms. The van der Waals surface area contributed by atoms with Gasteiger partial charge in [-0.3, -0.25) is 0 Å². The number of fused-ring (bicyclic) bond motifs is 6. The van der Waals surface area contributed by atoms with Crippen molar-refractivity contribution >= 4 is 125 Å². The third-order valence-electron chi connectivity index (χ3n) is 11.0. The Morgan fingerprint density at radius 3 is 1.41 bits per heavy atom. The molecule has 54 heavy (non-hydrogen) atoms. The Hall–Kier alpha value is -0.653. The maximum absolute atomic E-state index is 15.3. The summed E-state index contributed by atoms with van der Waals surface area (Å²) in [5.41, 5.74) is 4.41. The minimum absolute atomic E-state index is 0.226. The van der Waals surface area contributed by atoms with Gasteiger partial charge in [-0.15, -0.1) is 0 Å². The predicted molar refractivity (Wildman–Crippen MR) is 251 cm³/mol. The van der Waals surface area contributed by atoms with E-state index in [4.69, 9.17) is 4.74 Å². The van der Waals surface area contributed by atoms with Crippen LogP contribution in [0.5, 0.6) is 5.06 Å². The molecule has 0 unspecified atom stereocenters. The van der Waals surface area contributed by atoms with E-state index in [0.717, 1.165) is 29.2 Å². The number of rotatable bonds is 20. The number of benzene rings is 1. The molecule has 8 heteroatoms. The number of ketones is 1. The Labute approximate surface area is 350 Å². The SMILES string of the molecule is CCCCCCCCCCCCCCCCOc1cc2c(s1)c1c(c3sc(C)cc32)=C(c2s[c]([Sn]([CH3])([CH3])[CH3])cc2C)C(=O)C=1c1s[c]([Sn]([CH3])([CH3])[CH3])cc1C. The third kappa shape index (κ3) is 9.62. The summed E-state index contributed by atoms with van der Waals surface area (Å²) >= 11 is 2.71. The van der Waals surface area contributed by atoms with Gasteiger partial charge in [-0.2, -0.15) is 0 Å². The molecule has 0 saturated heterocycles. The zero-order valence-corrected chi connectivity index (χ0v) is 43.8. The second kappa shape index (κ2) is 18.5. The van der Waals surface area contributed by atoms with Gasteiger partial charge in [0.1, 0.15) is 0 Å². The van der Waals surface area contributed by atoms with Gasteiger partial charge in [-0.05, 0) is 0 Å². The van der Waals surface area contributed by atoms with E-state index in [9.17, 15) is 0 Å². The molecule has 0 amide bonds. The fourth-order valence-corrected chi connectivity index (χ4v) is 23.3. The summed E-state index contributed by atoms with van der Waals surface area (Å²) in [7, 11) is 0. The van der Waals surface area contributed by atoms with Crippen LogP contribution >= 0.6 is 45.3 Å². The molecule has 0 bridgehead atoms. The van der Waals surface area contributed by atoms with Crippen molar-refractivity contribution in [3.63, 3.8) is 0 Å². The zero-order valence-electron chi connectivity index (χ0n) is 34.9. The van der Waals surface area contributed by atoms with Crippen molar-refractivity contribution in [1.82, 2.24) is 0 Å². The molecule has 0 saturated carbocycles. The quantitative estimate of drug-likeness (QED) is 0.0574. The average molecular weight is 1010 g/mol. The molecule has 0 radical (unpaired) electrons. The van der Waals surface area contributed by atoms with Crippen molar-refractivity contribution in [3.8, 4) is 5.06 Å². The number of Topliss-reactive ketones (excluding diaryl/α,β-unsaturated/α-hetero) is 1. The summed E-state index contributed by atoms with van der Waals surface area (Å²) < 4.78 is 12.1. The molecule has 0 atom stereocenters. The van der Waals surface area contributed by atoms with Gasteiger partial charge in [0.05, 0.1) is 0 Å². The first kappa shape index (κ1) is 42.9. The van der Waals surface area contributed by atoms with E-state index in [0.29, 0.717) is 0 Å². The summed E-state index contributed by atoms with van der Waals surface area (Å²) in [4.78, 5) is 33.9. The summed E-state index contributed by atoms with van der Waals surface area (Å²) in [6, 6.07) is 9.48. The molecule has 1 aliphatic carbocycles. The van der Waals surface area contributed by atoms with Crippen LogP contribution in [0.4, 0.5) is 0 Å². The van der Waals surface area contributed by atoms with Crippen molar-refractivity contribution in [3.05, 3.63) is 60.5 Å². The van der Waals surface area contributed by atoms with Crippen molar-refractivity contribution in [1.29, 1.82) is 0 Å². The molecule has 6 rings (SSSR count). The van der Waals surface area contributed by atoms with Gasteiger partial charge in [0.15, 0.2) is 0 Å². The van der Waals surface area contributed by atoms with E-state index in [1.165, 1.54) is 143 Å². The number of carbonyl (C=O) groups is 1. The van der Waals surface area contributed by atoms with E-state index in [2.05, 4.69) is 81.6 Å². The van der Waals surface area contributed by atoms with E-state index < -0.39 is 36.8 Å². The molecule has 0 N–H and O–H groups in total. The molecule has 2 nitrogen and oxygen atoms in total. The first-order valence-electron chi connectivity index (χ1n) is 20.8. The normalized spacial score (nSPS) is 13.7. The molecular weight excluding hydrogens is 950 g/mol. The number of hydrogen-bond donors (Lipinski definition) is 0. The molecule has 0 fully saturated rings. The maximum atomic E-state index is 15.3. The molecule has 4 aromatic heterocycles. The summed E-state index contributed by atoms with van der Waals surface area (Å²) in [5, 5.41) is 5.87. The summed E-state index contributed by atoms with van der Waals surface area (Å²) in [6.07, 6.45) is 19.0. The molecule has 4 heterocycles. The number of unbranched alkanes of at least 4 members (excludes halogenated alkanes) is 13. The summed E-state index contributed by atoms with van der Waals surface area (Å²) in [6.45, 7) is 9.74. The fourth-order valence-electron chi connectivity index (χ4n) is 7.88. The van der Waals surface area contributed by atoms with Gasteiger partial charge in [-0.25, -0.2) is 0 Å². The Morgan fingerprint density at radius 2 is 0.963 bits per heavy atom. The molecule has 5 aromatic rings. The zero-order chi connectivity index (χ0) is 38.8. The Bertz CT molecular complexity index is 2230. The number of ether oxygens (including phenoxy) is 1. The average Bonchev–Trinajstić information content (AvgIpc) is 3.92. The standard InChI is InChI=1S/C40H46O2S4.6CH3.2Sn/c1-5-6-7-8-9-10-11-12-13-14-15-16-17-18-21-42-31-25-30-29-24-28(4)45-39(29)32-33(40(30)46-31)35(38-27(3)20-23-44-38)36(41)34(32)37-26(2)19-22-43-37;;;;;;;;/h19-20,24-25H,5-18,21H2,1-4H3;6*1H3;;. The van der Waals surface area contributed by atoms with Gasteiger partial charge in [0.25, 0.3) is 0 Å². The molecule has 0 aliphatic heterocycles. The van der Waals surface area contributed by atoms with E-state index in [-0.39, 0.29) is 5.78 Å². The van der Waals surface area contributed by atoms with Crippen LogP contribution in [0.3, 0.4) is 0 Å². The van der Waals surface area contributed by atoms with Gasteiger partial charge in [0, 0.05) is 0 Å². The second-order valence-corrected chi connectivity index (χ2v) is 53.1. The number of carbonyl (C=O) groups excluding carboxylic acids is 1. The van der Waals surface area contributed by atoms with Crippen LogP contribution in [0, 0.1) is 20.8 Å². The van der Waals surface area contributed by atoms with Crippen LogP contribution in [0.15, 0.2) is 24.3 Å². The monoisotopic (exact) mass is 1020 g/mol. The predicted octanol–water partition coefficient (Wildman–Crippen LogP) is 13.1. The van der Waals surface area contributed by atoms with Crippen LogP contribution in [0.25, 0.3) is 31.3 Å². The molecule has 1 aliphatic rings. The van der Waals surface area contributed by atoms with Crippen molar-refractivity contribution < 1.29 is 9.53 Å². The summed E-state index contributed by atoms with van der Waals surface area (Å²) in [5.74, 6) is 0.226. The van der Waals surface area contributed by atoms with Crippen LogP contribution in [-0.4, -0.2) is 49.1 Å². The van der Waals surface area contributed by atoms with Crippen molar-refractivity contribution in [2.45, 2.75) is 147 Å². The number of thiophene rings is 4. The van der Waals surface area contributed by atoms with Crippen LogP contribution in [0.2, 0.25) is 29.6 Å². The Kier molecular flexibility index (Phi) is 14.7. The molecular formula is C46H64O2S4Sn2. The van der Waals surface area contributed by atoms with Crippen LogP contribution < -0.4 is 21.0 Å². The first-order valence-corrected chi connectivity index (χ1v) is 44.1. The molecule has 1 aromatic carbocycles. The minimum atomic E-state index is -2.38. The number of aryl methyl sites for hydroxylation is 3. The fraction of sp³-hybridized carbons (Fsp3) is 0.543. The van der Waals surface area contributed by atoms with Crippen LogP contribution in [-0.2, 0) is 4.79 Å². The van der Waals surface area contributed by atoms with Crippen LogP contribution in [0.1, 0.15) is 123 Å². The van der Waals surface area contributed by atoms with Gasteiger partial charge in [-0.1, -0.05) is 84.0 Å². The first-order chi connectivity index (χ1) is 25.7. The van der Waals surface area contributed by atoms with Crippen molar-refractivity contribution in [2.75, 3.05) is 6.61 Å². The Morgan fingerprint density at radius 1 is 0.537 bits per heavy atom. The Balaban J connectivity index is 1.29. The van der Waals surface area contributed by atoms with E-state index in [1.807, 2.05) is 34.0 Å². The number of hydrogen-bond acceptors (Lipinski definition) is 6. The third-order valence-corrected chi connectivity index (χ3v) is 34.5. The van der Waals surface area contributed by atoms with Gasteiger partial charge >= 0.3 is 270 Å². The van der Waals surface area contributed by atoms with E-state index in [1.54, 1.807) is 14.2 Å². The van der Waals surface area contributed by atoms with Crippen molar-refractivity contribution in [2.24, 2.45) is 0 Å². The molecule has 292 valence electrons. The van der Waals surface area contributed by atoms with Gasteiger partial charge < -0.3 is 0 Å². The van der Waals surface area contributed by atoms with E-state index >= 15 is 4.79 Å². The second-order valence-electron chi connectivity index (χ2n) is 17.9.